The second-order valence-corrected chi connectivity index (χ2v) is 8.71. The Morgan fingerprint density at radius 3 is 2.44 bits per heavy atom. The number of benzene rings is 2. The van der Waals surface area contributed by atoms with E-state index < -0.39 is 0 Å². The van der Waals surface area contributed by atoms with Gasteiger partial charge in [0.2, 0.25) is 10.8 Å². The molecule has 34 heavy (non-hydrogen) atoms. The Balaban J connectivity index is 1.21. The van der Waals surface area contributed by atoms with Gasteiger partial charge in [-0.25, -0.2) is 0 Å². The number of fused-ring (bicyclic) bond motifs is 2. The average Bonchev–Trinajstić information content (AvgIpc) is 3.63. The molecule has 3 aromatic heterocycles. The van der Waals surface area contributed by atoms with Crippen molar-refractivity contribution in [1.29, 1.82) is 0 Å². The molecule has 2 amide bonds. The van der Waals surface area contributed by atoms with Gasteiger partial charge in [0.1, 0.15) is 16.5 Å². The molecule has 11 heteroatoms. The highest BCUT2D eigenvalue weighted by atomic mass is 32.1. The van der Waals surface area contributed by atoms with Gasteiger partial charge in [0.15, 0.2) is 0 Å². The number of imide groups is 1. The number of aromatic nitrogens is 6. The van der Waals surface area contributed by atoms with E-state index in [1.165, 1.54) is 16.2 Å². The number of ether oxygens (including phenoxy) is 1. The van der Waals surface area contributed by atoms with Crippen LogP contribution in [0.25, 0.3) is 27.7 Å². The Morgan fingerprint density at radius 2 is 1.74 bits per heavy atom. The number of rotatable bonds is 6. The van der Waals surface area contributed by atoms with Crippen molar-refractivity contribution in [3.05, 3.63) is 70.7 Å². The second-order valence-electron chi connectivity index (χ2n) is 7.67. The van der Waals surface area contributed by atoms with Gasteiger partial charge < -0.3 is 4.74 Å². The van der Waals surface area contributed by atoms with Crippen LogP contribution in [0, 0.1) is 0 Å². The van der Waals surface area contributed by atoms with Crippen molar-refractivity contribution in [2.45, 2.75) is 6.42 Å². The first-order chi connectivity index (χ1) is 16.6. The molecule has 0 aliphatic carbocycles. The normalized spacial score (nSPS) is 13.1. The lowest BCUT2D eigenvalue weighted by atomic mass is 10.1. The highest BCUT2D eigenvalue weighted by Crippen LogP contribution is 2.27. The predicted octanol–water partition coefficient (Wildman–Crippen LogP) is 3.09. The van der Waals surface area contributed by atoms with Gasteiger partial charge in [-0.2, -0.15) is 14.7 Å². The number of nitrogens with zero attached hydrogens (tertiary/aromatic N) is 6. The molecule has 0 saturated heterocycles. The van der Waals surface area contributed by atoms with Gasteiger partial charge in [0, 0.05) is 18.5 Å². The first kappa shape index (κ1) is 20.2. The van der Waals surface area contributed by atoms with Crippen molar-refractivity contribution >= 4 is 28.1 Å². The maximum atomic E-state index is 12.6. The largest absolute Gasteiger partial charge is 0.497 e. The van der Waals surface area contributed by atoms with Crippen LogP contribution >= 0.6 is 11.3 Å². The van der Waals surface area contributed by atoms with Gasteiger partial charge in [0.05, 0.1) is 23.9 Å². The Hall–Kier alpha value is -4.38. The number of amides is 2. The number of hydrogen-bond donors (Lipinski definition) is 1. The van der Waals surface area contributed by atoms with E-state index in [-0.39, 0.29) is 18.4 Å². The van der Waals surface area contributed by atoms with Gasteiger partial charge in [-0.15, -0.1) is 10.2 Å². The third-order valence-corrected chi connectivity index (χ3v) is 6.62. The lowest BCUT2D eigenvalue weighted by Crippen LogP contribution is -2.31. The van der Waals surface area contributed by atoms with Crippen LogP contribution in [0.4, 0.5) is 0 Å². The smallest absolute Gasteiger partial charge is 0.261 e. The van der Waals surface area contributed by atoms with E-state index in [1.54, 1.807) is 35.9 Å². The fourth-order valence-corrected chi connectivity index (χ4v) is 4.74. The molecule has 0 saturated carbocycles. The first-order valence-electron chi connectivity index (χ1n) is 10.5. The van der Waals surface area contributed by atoms with Crippen LogP contribution in [0.15, 0.2) is 54.6 Å². The summed E-state index contributed by atoms with van der Waals surface area (Å²) < 4.78 is 6.85. The molecule has 6 rings (SSSR count). The van der Waals surface area contributed by atoms with E-state index in [9.17, 15) is 9.59 Å². The van der Waals surface area contributed by atoms with Crippen molar-refractivity contribution in [3.63, 3.8) is 0 Å². The highest BCUT2D eigenvalue weighted by Gasteiger charge is 2.34. The quantitative estimate of drug-likeness (QED) is 0.378. The van der Waals surface area contributed by atoms with Crippen molar-refractivity contribution in [1.82, 2.24) is 34.9 Å². The fourth-order valence-electron chi connectivity index (χ4n) is 3.92. The standard InChI is InChI=1S/C23H17N7O3S/c1-33-14-8-6-13(7-9-14)17-12-18(25-24-17)20-26-27-23-30(20)28-19(34-23)10-11-29-21(31)15-4-2-3-5-16(15)22(29)32/h2-9,12H,10-11H2,1H3,(H,24,25). The summed E-state index contributed by atoms with van der Waals surface area (Å²) in [7, 11) is 1.63. The molecule has 5 aromatic rings. The molecule has 0 radical (unpaired) electrons. The fraction of sp³-hybridized carbons (Fsp3) is 0.130. The van der Waals surface area contributed by atoms with E-state index in [2.05, 4.69) is 25.5 Å². The van der Waals surface area contributed by atoms with Crippen molar-refractivity contribution in [2.24, 2.45) is 0 Å². The van der Waals surface area contributed by atoms with E-state index in [4.69, 9.17) is 4.74 Å². The van der Waals surface area contributed by atoms with E-state index in [1.807, 2.05) is 30.3 Å². The maximum Gasteiger partial charge on any atom is 0.261 e. The summed E-state index contributed by atoms with van der Waals surface area (Å²) >= 11 is 1.37. The summed E-state index contributed by atoms with van der Waals surface area (Å²) in [5, 5.41) is 21.2. The molecule has 4 heterocycles. The minimum Gasteiger partial charge on any atom is -0.497 e. The number of hydrogen-bond acceptors (Lipinski definition) is 8. The van der Waals surface area contributed by atoms with Gasteiger partial charge in [-0.1, -0.05) is 23.5 Å². The third-order valence-electron chi connectivity index (χ3n) is 5.66. The van der Waals surface area contributed by atoms with Crippen molar-refractivity contribution in [3.8, 4) is 28.5 Å². The minimum atomic E-state index is -0.271. The molecule has 0 fully saturated rings. The van der Waals surface area contributed by atoms with E-state index >= 15 is 0 Å². The summed E-state index contributed by atoms with van der Waals surface area (Å²) in [6, 6.07) is 16.4. The third kappa shape index (κ3) is 3.25. The molecule has 0 atom stereocenters. The first-order valence-corrected chi connectivity index (χ1v) is 11.3. The van der Waals surface area contributed by atoms with Gasteiger partial charge >= 0.3 is 0 Å². The number of methoxy groups -OCH3 is 1. The van der Waals surface area contributed by atoms with Crippen molar-refractivity contribution < 1.29 is 14.3 Å². The van der Waals surface area contributed by atoms with E-state index in [0.29, 0.717) is 34.0 Å². The zero-order chi connectivity index (χ0) is 23.2. The molecule has 2 aromatic carbocycles. The molecule has 168 valence electrons. The van der Waals surface area contributed by atoms with Crippen LogP contribution in [0.5, 0.6) is 5.75 Å². The summed E-state index contributed by atoms with van der Waals surface area (Å²) in [5.41, 5.74) is 3.26. The predicted molar refractivity (Wildman–Crippen MR) is 124 cm³/mol. The summed E-state index contributed by atoms with van der Waals surface area (Å²) in [4.78, 5) is 27.1. The number of aromatic amines is 1. The number of nitrogens with one attached hydrogen (secondary N) is 1. The zero-order valence-corrected chi connectivity index (χ0v) is 18.7. The molecule has 0 unspecified atom stereocenters. The Bertz CT molecular complexity index is 1520. The maximum absolute atomic E-state index is 12.6. The minimum absolute atomic E-state index is 0.247. The Morgan fingerprint density at radius 1 is 1.00 bits per heavy atom. The monoisotopic (exact) mass is 471 g/mol. The van der Waals surface area contributed by atoms with Crippen LogP contribution in [0.3, 0.4) is 0 Å². The van der Waals surface area contributed by atoms with Crippen LogP contribution < -0.4 is 4.74 Å². The molecule has 1 N–H and O–H groups in total. The average molecular weight is 472 g/mol. The van der Waals surface area contributed by atoms with Crippen LogP contribution in [-0.4, -0.2) is 60.4 Å². The SMILES string of the molecule is COc1ccc(-c2cc(-c3nnc4sc(CCN5C(=O)c6ccccc6C5=O)nn34)[nH]n2)cc1. The lowest BCUT2D eigenvalue weighted by Gasteiger charge is -2.12. The van der Waals surface area contributed by atoms with Crippen molar-refractivity contribution in [2.75, 3.05) is 13.7 Å². The van der Waals surface area contributed by atoms with Crippen LogP contribution in [-0.2, 0) is 6.42 Å². The zero-order valence-electron chi connectivity index (χ0n) is 17.9. The lowest BCUT2D eigenvalue weighted by molar-refractivity contribution is 0.0656. The number of carbonyl (C=O) groups excluding carboxylic acids is 2. The Kier molecular flexibility index (Phi) is 4.69. The van der Waals surface area contributed by atoms with Gasteiger partial charge in [0.25, 0.3) is 11.8 Å². The molecule has 0 spiro atoms. The summed E-state index contributed by atoms with van der Waals surface area (Å²) in [6.45, 7) is 0.247. The van der Waals surface area contributed by atoms with Crippen LogP contribution in [0.1, 0.15) is 25.7 Å². The Labute approximate surface area is 196 Å². The number of carbonyl (C=O) groups is 2. The van der Waals surface area contributed by atoms with Crippen LogP contribution in [0.2, 0.25) is 0 Å². The number of H-pyrrole nitrogens is 1. The summed E-state index contributed by atoms with van der Waals surface area (Å²) in [5.74, 6) is 0.765. The molecule has 1 aliphatic rings. The second kappa shape index (κ2) is 7.89. The van der Waals surface area contributed by atoms with Gasteiger partial charge in [-0.05, 0) is 42.5 Å². The summed E-state index contributed by atoms with van der Waals surface area (Å²) in [6.07, 6.45) is 0.430. The topological polar surface area (TPSA) is 118 Å². The highest BCUT2D eigenvalue weighted by molar-refractivity contribution is 7.16. The molecule has 10 nitrogen and oxygen atoms in total. The van der Waals surface area contributed by atoms with E-state index in [0.717, 1.165) is 22.0 Å². The molecular weight excluding hydrogens is 454 g/mol. The molecule has 1 aliphatic heterocycles. The molecule has 0 bridgehead atoms. The molecular formula is C23H17N7O3S. The van der Waals surface area contributed by atoms with Gasteiger partial charge in [-0.3, -0.25) is 19.6 Å².